The number of rotatable bonds is 5. The lowest BCUT2D eigenvalue weighted by molar-refractivity contribution is -0.144. The maximum atomic E-state index is 14.3. The Morgan fingerprint density at radius 1 is 1.11 bits per heavy atom. The molecule has 5 rings (SSSR count). The van der Waals surface area contributed by atoms with E-state index in [-0.39, 0.29) is 35.8 Å². The van der Waals surface area contributed by atoms with Crippen LogP contribution >= 0.6 is 0 Å². The van der Waals surface area contributed by atoms with E-state index in [1.165, 1.54) is 6.07 Å². The second-order valence-electron chi connectivity index (χ2n) is 10.1. The number of allylic oxidation sites excluding steroid dienone is 3. The molecular weight excluding hydrogens is 457 g/mol. The minimum Gasteiger partial charge on any atom is -0.508 e. The number of phenolic OH excluding ortho intramolecular Hbond substituents is 1. The molecule has 0 bridgehead atoms. The molecule has 3 aliphatic rings. The SMILES string of the molecule is CCC1=C(C(=O)OC2CCCC2)C(c2cccc(O)c2)C2=C(CC(c3ccc(C)c(F)c3)CC2=O)N1. The minimum atomic E-state index is -0.625. The van der Waals surface area contributed by atoms with Gasteiger partial charge in [-0.2, -0.15) is 0 Å². The number of phenols is 1. The second-order valence-corrected chi connectivity index (χ2v) is 10.1. The van der Waals surface area contributed by atoms with E-state index >= 15 is 0 Å². The van der Waals surface area contributed by atoms with Crippen molar-refractivity contribution in [1.82, 2.24) is 5.32 Å². The molecule has 6 heteroatoms. The fourth-order valence-electron chi connectivity index (χ4n) is 5.83. The first-order chi connectivity index (χ1) is 17.4. The molecular formula is C30H32FNO4. The molecule has 1 fully saturated rings. The Balaban J connectivity index is 1.57. The summed E-state index contributed by atoms with van der Waals surface area (Å²) in [5.74, 6) is -1.47. The summed E-state index contributed by atoms with van der Waals surface area (Å²) in [4.78, 5) is 27.3. The molecule has 5 nitrogen and oxygen atoms in total. The number of aryl methyl sites for hydroxylation is 1. The normalized spacial score (nSPS) is 22.5. The van der Waals surface area contributed by atoms with E-state index in [1.54, 1.807) is 31.2 Å². The summed E-state index contributed by atoms with van der Waals surface area (Å²) in [6, 6.07) is 11.9. The standard InChI is InChI=1S/C30H32FNO4/c1-3-24-29(30(35)36-22-9-4-5-10-22)27(19-7-6-8-21(33)13-19)28-25(32-24)15-20(16-26(28)34)18-12-11-17(2)23(31)14-18/h6-8,11-14,20,22,27,32-33H,3-5,9-10,15-16H2,1-2H3. The minimum absolute atomic E-state index is 0.0750. The van der Waals surface area contributed by atoms with Crippen LogP contribution in [0, 0.1) is 12.7 Å². The predicted molar refractivity (Wildman–Crippen MR) is 135 cm³/mol. The monoisotopic (exact) mass is 489 g/mol. The number of nitrogens with one attached hydrogen (secondary N) is 1. The number of hydrogen-bond donors (Lipinski definition) is 2. The van der Waals surface area contributed by atoms with Gasteiger partial charge in [0.15, 0.2) is 5.78 Å². The molecule has 2 N–H and O–H groups in total. The Morgan fingerprint density at radius 2 is 1.89 bits per heavy atom. The first-order valence-corrected chi connectivity index (χ1v) is 12.9. The zero-order valence-corrected chi connectivity index (χ0v) is 20.8. The highest BCUT2D eigenvalue weighted by Crippen LogP contribution is 2.47. The molecule has 2 aromatic rings. The van der Waals surface area contributed by atoms with E-state index in [4.69, 9.17) is 4.74 Å². The quantitative estimate of drug-likeness (QED) is 0.498. The molecule has 1 saturated carbocycles. The predicted octanol–water partition coefficient (Wildman–Crippen LogP) is 6.08. The maximum absolute atomic E-state index is 14.3. The van der Waals surface area contributed by atoms with Crippen LogP contribution in [0.15, 0.2) is 65.0 Å². The van der Waals surface area contributed by atoms with Crippen molar-refractivity contribution in [2.24, 2.45) is 0 Å². The number of carbonyl (C=O) groups excluding carboxylic acids is 2. The van der Waals surface area contributed by atoms with Gasteiger partial charge in [-0.3, -0.25) is 4.79 Å². The average Bonchev–Trinajstić information content (AvgIpc) is 3.37. The molecule has 2 aliphatic carbocycles. The molecule has 0 amide bonds. The molecule has 2 aromatic carbocycles. The van der Waals surface area contributed by atoms with Gasteiger partial charge < -0.3 is 15.2 Å². The first kappa shape index (κ1) is 24.3. The van der Waals surface area contributed by atoms with Gasteiger partial charge in [0.2, 0.25) is 0 Å². The third kappa shape index (κ3) is 4.57. The molecule has 1 heterocycles. The van der Waals surface area contributed by atoms with E-state index in [0.29, 0.717) is 35.1 Å². The zero-order valence-electron chi connectivity index (χ0n) is 20.8. The molecule has 0 aromatic heterocycles. The first-order valence-electron chi connectivity index (χ1n) is 12.9. The van der Waals surface area contributed by atoms with Crippen LogP contribution in [0.2, 0.25) is 0 Å². The second kappa shape index (κ2) is 9.92. The van der Waals surface area contributed by atoms with Crippen LogP contribution in [-0.2, 0) is 14.3 Å². The van der Waals surface area contributed by atoms with Crippen LogP contribution in [0.5, 0.6) is 5.75 Å². The number of benzene rings is 2. The molecule has 1 aliphatic heterocycles. The third-order valence-corrected chi connectivity index (χ3v) is 7.73. The number of carbonyl (C=O) groups is 2. The van der Waals surface area contributed by atoms with Gasteiger partial charge in [0.05, 0.1) is 5.57 Å². The Bertz CT molecular complexity index is 1270. The molecule has 0 spiro atoms. The van der Waals surface area contributed by atoms with Crippen LogP contribution in [0.4, 0.5) is 4.39 Å². The number of ketones is 1. The Hall–Kier alpha value is -3.41. The van der Waals surface area contributed by atoms with E-state index < -0.39 is 11.9 Å². The van der Waals surface area contributed by atoms with Gasteiger partial charge in [-0.1, -0.05) is 31.2 Å². The average molecular weight is 490 g/mol. The molecule has 0 saturated heterocycles. The van der Waals surface area contributed by atoms with E-state index in [1.807, 2.05) is 19.1 Å². The smallest absolute Gasteiger partial charge is 0.337 e. The molecule has 0 radical (unpaired) electrons. The van der Waals surface area contributed by atoms with Crippen LogP contribution in [0.25, 0.3) is 0 Å². The third-order valence-electron chi connectivity index (χ3n) is 7.73. The van der Waals surface area contributed by atoms with Gasteiger partial charge in [0.1, 0.15) is 17.7 Å². The lowest BCUT2D eigenvalue weighted by Crippen LogP contribution is -2.37. The molecule has 2 unspecified atom stereocenters. The van der Waals surface area contributed by atoms with Crippen molar-refractivity contribution >= 4 is 11.8 Å². The van der Waals surface area contributed by atoms with Crippen molar-refractivity contribution in [3.8, 4) is 5.75 Å². The molecule has 36 heavy (non-hydrogen) atoms. The van der Waals surface area contributed by atoms with Gasteiger partial charge >= 0.3 is 5.97 Å². The highest BCUT2D eigenvalue weighted by atomic mass is 19.1. The van der Waals surface area contributed by atoms with Crippen molar-refractivity contribution < 1.29 is 23.8 Å². The summed E-state index contributed by atoms with van der Waals surface area (Å²) < 4.78 is 20.2. The fraction of sp³-hybridized carbons (Fsp3) is 0.400. The lowest BCUT2D eigenvalue weighted by Gasteiger charge is -2.37. The number of dihydropyridines is 1. The van der Waals surface area contributed by atoms with E-state index in [9.17, 15) is 19.1 Å². The number of ether oxygens (including phenoxy) is 1. The summed E-state index contributed by atoms with van der Waals surface area (Å²) in [6.45, 7) is 3.69. The number of Topliss-reactive ketones (excluding diaryl/α,β-unsaturated/α-hetero) is 1. The highest BCUT2D eigenvalue weighted by Gasteiger charge is 2.42. The van der Waals surface area contributed by atoms with Crippen LogP contribution in [0.3, 0.4) is 0 Å². The summed E-state index contributed by atoms with van der Waals surface area (Å²) in [5.41, 5.74) is 4.53. The highest BCUT2D eigenvalue weighted by molar-refractivity contribution is 6.04. The summed E-state index contributed by atoms with van der Waals surface area (Å²) in [5, 5.41) is 13.7. The Morgan fingerprint density at radius 3 is 2.58 bits per heavy atom. The van der Waals surface area contributed by atoms with E-state index in [0.717, 1.165) is 42.6 Å². The summed E-state index contributed by atoms with van der Waals surface area (Å²) in [7, 11) is 0. The Labute approximate surface area is 211 Å². The zero-order chi connectivity index (χ0) is 25.4. The largest absolute Gasteiger partial charge is 0.508 e. The topological polar surface area (TPSA) is 75.6 Å². The van der Waals surface area contributed by atoms with E-state index in [2.05, 4.69) is 5.32 Å². The van der Waals surface area contributed by atoms with Gasteiger partial charge in [-0.25, -0.2) is 9.18 Å². The lowest BCUT2D eigenvalue weighted by atomic mass is 9.71. The van der Waals surface area contributed by atoms with Crippen LogP contribution in [0.1, 0.15) is 80.4 Å². The van der Waals surface area contributed by atoms with Crippen LogP contribution in [-0.4, -0.2) is 23.0 Å². The van der Waals surface area contributed by atoms with Crippen LogP contribution < -0.4 is 5.32 Å². The summed E-state index contributed by atoms with van der Waals surface area (Å²) >= 11 is 0. The molecule has 188 valence electrons. The fourth-order valence-corrected chi connectivity index (χ4v) is 5.83. The van der Waals surface area contributed by atoms with Crippen molar-refractivity contribution in [2.75, 3.05) is 0 Å². The maximum Gasteiger partial charge on any atom is 0.337 e. The van der Waals surface area contributed by atoms with Crippen molar-refractivity contribution in [3.05, 3.63) is 87.5 Å². The van der Waals surface area contributed by atoms with Crippen molar-refractivity contribution in [1.29, 1.82) is 0 Å². The van der Waals surface area contributed by atoms with Crippen molar-refractivity contribution in [3.63, 3.8) is 0 Å². The van der Waals surface area contributed by atoms with Gasteiger partial charge in [-0.05, 0) is 86.3 Å². The summed E-state index contributed by atoms with van der Waals surface area (Å²) in [6.07, 6.45) is 5.00. The van der Waals surface area contributed by atoms with Gasteiger partial charge in [0.25, 0.3) is 0 Å². The number of esters is 1. The Kier molecular flexibility index (Phi) is 6.69. The van der Waals surface area contributed by atoms with Gasteiger partial charge in [0, 0.05) is 29.3 Å². The number of halogens is 1. The molecule has 2 atom stereocenters. The number of hydrogen-bond acceptors (Lipinski definition) is 5. The van der Waals surface area contributed by atoms with Gasteiger partial charge in [-0.15, -0.1) is 0 Å². The van der Waals surface area contributed by atoms with Crippen molar-refractivity contribution in [2.45, 2.75) is 76.7 Å². The number of aromatic hydroxyl groups is 1.